The number of hydrogen-bond acceptors (Lipinski definition) is 3. The van der Waals surface area contributed by atoms with Crippen molar-refractivity contribution in [2.75, 3.05) is 22.9 Å². The molecule has 20 heavy (non-hydrogen) atoms. The maximum absolute atomic E-state index is 11.1. The molecule has 2 rings (SSSR count). The Balaban J connectivity index is 2.06. The average molecular weight is 290 g/mol. The van der Waals surface area contributed by atoms with E-state index < -0.39 is 10.0 Å². The van der Waals surface area contributed by atoms with E-state index in [0.29, 0.717) is 5.69 Å². The van der Waals surface area contributed by atoms with E-state index in [2.05, 4.69) is 21.8 Å². The number of nitrogens with one attached hydrogen (secondary N) is 1. The Labute approximate surface area is 120 Å². The molecule has 0 saturated carbocycles. The summed E-state index contributed by atoms with van der Waals surface area (Å²) in [6.07, 6.45) is 1.14. The number of benzene rings is 2. The van der Waals surface area contributed by atoms with Gasteiger partial charge in [-0.1, -0.05) is 30.3 Å². The lowest BCUT2D eigenvalue weighted by atomic mass is 10.2. The van der Waals surface area contributed by atoms with Gasteiger partial charge in [0.25, 0.3) is 0 Å². The van der Waals surface area contributed by atoms with Gasteiger partial charge in [-0.15, -0.1) is 0 Å². The highest BCUT2D eigenvalue weighted by Crippen LogP contribution is 2.19. The SMILES string of the molecule is CN(Cc1ccccc1)c1ccc(NS(C)(=O)=O)cc1. The highest BCUT2D eigenvalue weighted by Gasteiger charge is 2.04. The number of hydrogen-bond donors (Lipinski definition) is 1. The van der Waals surface area contributed by atoms with E-state index >= 15 is 0 Å². The highest BCUT2D eigenvalue weighted by molar-refractivity contribution is 7.92. The molecule has 0 heterocycles. The van der Waals surface area contributed by atoms with Crippen LogP contribution in [0, 0.1) is 0 Å². The molecule has 0 fully saturated rings. The monoisotopic (exact) mass is 290 g/mol. The van der Waals surface area contributed by atoms with Crippen LogP contribution in [0.2, 0.25) is 0 Å². The molecule has 1 N–H and O–H groups in total. The van der Waals surface area contributed by atoms with E-state index in [0.717, 1.165) is 18.5 Å². The Bertz CT molecular complexity index is 652. The summed E-state index contributed by atoms with van der Waals surface area (Å²) < 4.78 is 24.7. The molecular weight excluding hydrogens is 272 g/mol. The number of sulfonamides is 1. The zero-order valence-electron chi connectivity index (χ0n) is 11.6. The summed E-state index contributed by atoms with van der Waals surface area (Å²) in [4.78, 5) is 2.11. The van der Waals surface area contributed by atoms with Gasteiger partial charge in [0.2, 0.25) is 10.0 Å². The minimum absolute atomic E-state index is 0.573. The van der Waals surface area contributed by atoms with Gasteiger partial charge in [-0.05, 0) is 29.8 Å². The van der Waals surface area contributed by atoms with Crippen molar-refractivity contribution in [2.45, 2.75) is 6.54 Å². The van der Waals surface area contributed by atoms with Crippen molar-refractivity contribution in [1.82, 2.24) is 0 Å². The predicted octanol–water partition coefficient (Wildman–Crippen LogP) is 2.69. The number of nitrogens with zero attached hydrogens (tertiary/aromatic N) is 1. The summed E-state index contributed by atoms with van der Waals surface area (Å²) in [6, 6.07) is 17.5. The van der Waals surface area contributed by atoms with E-state index in [9.17, 15) is 8.42 Å². The minimum Gasteiger partial charge on any atom is -0.370 e. The van der Waals surface area contributed by atoms with Crippen molar-refractivity contribution in [3.63, 3.8) is 0 Å². The van der Waals surface area contributed by atoms with Crippen LogP contribution in [-0.4, -0.2) is 21.7 Å². The van der Waals surface area contributed by atoms with Crippen LogP contribution >= 0.6 is 0 Å². The van der Waals surface area contributed by atoms with Crippen molar-refractivity contribution >= 4 is 21.4 Å². The Morgan fingerprint density at radius 3 is 2.15 bits per heavy atom. The molecule has 0 aliphatic carbocycles. The third-order valence-corrected chi connectivity index (χ3v) is 3.48. The zero-order chi connectivity index (χ0) is 14.6. The van der Waals surface area contributed by atoms with Gasteiger partial charge in [0, 0.05) is 25.0 Å². The van der Waals surface area contributed by atoms with Gasteiger partial charge in [0.15, 0.2) is 0 Å². The van der Waals surface area contributed by atoms with E-state index in [4.69, 9.17) is 0 Å². The van der Waals surface area contributed by atoms with Gasteiger partial charge in [0.05, 0.1) is 6.26 Å². The van der Waals surface area contributed by atoms with E-state index in [-0.39, 0.29) is 0 Å². The maximum Gasteiger partial charge on any atom is 0.229 e. The van der Waals surface area contributed by atoms with Crippen LogP contribution in [0.1, 0.15) is 5.56 Å². The van der Waals surface area contributed by atoms with Gasteiger partial charge in [-0.25, -0.2) is 8.42 Å². The molecule has 0 bridgehead atoms. The first-order chi connectivity index (χ1) is 9.44. The molecule has 0 aromatic heterocycles. The van der Waals surface area contributed by atoms with Gasteiger partial charge in [0.1, 0.15) is 0 Å². The van der Waals surface area contributed by atoms with Crippen LogP contribution in [0.3, 0.4) is 0 Å². The smallest absolute Gasteiger partial charge is 0.229 e. The Kier molecular flexibility index (Phi) is 4.29. The Morgan fingerprint density at radius 2 is 1.60 bits per heavy atom. The molecule has 0 aliphatic heterocycles. The average Bonchev–Trinajstić information content (AvgIpc) is 2.39. The fourth-order valence-corrected chi connectivity index (χ4v) is 2.51. The van der Waals surface area contributed by atoms with Gasteiger partial charge in [-0.3, -0.25) is 4.72 Å². The zero-order valence-corrected chi connectivity index (χ0v) is 12.4. The summed E-state index contributed by atoms with van der Waals surface area (Å²) in [5, 5.41) is 0. The summed E-state index contributed by atoms with van der Waals surface area (Å²) in [7, 11) is -1.22. The molecule has 4 nitrogen and oxygen atoms in total. The van der Waals surface area contributed by atoms with Crippen LogP contribution in [0.25, 0.3) is 0 Å². The van der Waals surface area contributed by atoms with Crippen molar-refractivity contribution in [2.24, 2.45) is 0 Å². The van der Waals surface area contributed by atoms with Gasteiger partial charge in [-0.2, -0.15) is 0 Å². The normalized spacial score (nSPS) is 11.1. The molecule has 0 unspecified atom stereocenters. The molecule has 0 spiro atoms. The third kappa shape index (κ3) is 4.28. The Morgan fingerprint density at radius 1 is 1.00 bits per heavy atom. The van der Waals surface area contributed by atoms with Crippen molar-refractivity contribution < 1.29 is 8.42 Å². The molecule has 2 aromatic carbocycles. The lowest BCUT2D eigenvalue weighted by Crippen LogP contribution is -2.16. The lowest BCUT2D eigenvalue weighted by Gasteiger charge is -2.19. The first-order valence-corrected chi connectivity index (χ1v) is 8.16. The van der Waals surface area contributed by atoms with Crippen LogP contribution in [-0.2, 0) is 16.6 Å². The van der Waals surface area contributed by atoms with Gasteiger partial charge < -0.3 is 4.90 Å². The van der Waals surface area contributed by atoms with Crippen LogP contribution in [0.5, 0.6) is 0 Å². The van der Waals surface area contributed by atoms with Crippen LogP contribution in [0.4, 0.5) is 11.4 Å². The third-order valence-electron chi connectivity index (χ3n) is 2.87. The second-order valence-corrected chi connectivity index (χ2v) is 6.51. The fraction of sp³-hybridized carbons (Fsp3) is 0.200. The molecule has 0 aliphatic rings. The number of rotatable bonds is 5. The van der Waals surface area contributed by atoms with E-state index in [1.165, 1.54) is 5.56 Å². The van der Waals surface area contributed by atoms with Gasteiger partial charge >= 0.3 is 0 Å². The highest BCUT2D eigenvalue weighted by atomic mass is 32.2. The molecule has 2 aromatic rings. The molecule has 5 heteroatoms. The molecule has 0 atom stereocenters. The number of anilines is 2. The summed E-state index contributed by atoms with van der Waals surface area (Å²) >= 11 is 0. The van der Waals surface area contributed by atoms with Crippen LogP contribution in [0.15, 0.2) is 54.6 Å². The molecular formula is C15H18N2O2S. The largest absolute Gasteiger partial charge is 0.370 e. The predicted molar refractivity (Wildman–Crippen MR) is 83.5 cm³/mol. The second-order valence-electron chi connectivity index (χ2n) is 4.76. The maximum atomic E-state index is 11.1. The summed E-state index contributed by atoms with van der Waals surface area (Å²) in [5.41, 5.74) is 2.84. The van der Waals surface area contributed by atoms with Crippen molar-refractivity contribution in [3.8, 4) is 0 Å². The van der Waals surface area contributed by atoms with E-state index in [1.807, 2.05) is 37.4 Å². The van der Waals surface area contributed by atoms with Crippen molar-refractivity contribution in [1.29, 1.82) is 0 Å². The topological polar surface area (TPSA) is 49.4 Å². The summed E-state index contributed by atoms with van der Waals surface area (Å²) in [5.74, 6) is 0. The molecule has 106 valence electrons. The lowest BCUT2D eigenvalue weighted by molar-refractivity contribution is 0.607. The minimum atomic E-state index is -3.22. The molecule has 0 saturated heterocycles. The fourth-order valence-electron chi connectivity index (χ4n) is 1.95. The molecule has 0 radical (unpaired) electrons. The second kappa shape index (κ2) is 5.96. The quantitative estimate of drug-likeness (QED) is 0.921. The summed E-state index contributed by atoms with van der Waals surface area (Å²) in [6.45, 7) is 0.805. The first kappa shape index (κ1) is 14.4. The Hall–Kier alpha value is -2.01. The molecule has 0 amide bonds. The van der Waals surface area contributed by atoms with Crippen molar-refractivity contribution in [3.05, 3.63) is 60.2 Å². The van der Waals surface area contributed by atoms with E-state index in [1.54, 1.807) is 12.1 Å². The van der Waals surface area contributed by atoms with Crippen LogP contribution < -0.4 is 9.62 Å². The standard InChI is InChI=1S/C15H18N2O2S/c1-17(12-13-6-4-3-5-7-13)15-10-8-14(9-11-15)16-20(2,18)19/h3-11,16H,12H2,1-2H3. The first-order valence-electron chi connectivity index (χ1n) is 6.27.